The Morgan fingerprint density at radius 1 is 1.59 bits per heavy atom. The third kappa shape index (κ3) is 2.62. The fourth-order valence-electron chi connectivity index (χ4n) is 1.96. The molecule has 0 bridgehead atoms. The minimum absolute atomic E-state index is 0.147. The summed E-state index contributed by atoms with van der Waals surface area (Å²) < 4.78 is 10.1. The van der Waals surface area contributed by atoms with E-state index >= 15 is 0 Å². The molecule has 1 aromatic rings. The van der Waals surface area contributed by atoms with Gasteiger partial charge in [0.25, 0.3) is 0 Å². The van der Waals surface area contributed by atoms with Crippen molar-refractivity contribution in [2.45, 2.75) is 19.5 Å². The van der Waals surface area contributed by atoms with E-state index in [4.69, 9.17) is 14.4 Å². The first-order valence-electron chi connectivity index (χ1n) is 5.38. The number of ether oxygens (including phenoxy) is 1. The lowest BCUT2D eigenvalue weighted by Crippen LogP contribution is -2.40. The van der Waals surface area contributed by atoms with Crippen LogP contribution in [0.5, 0.6) is 0 Å². The molecule has 1 aliphatic rings. The molecule has 1 fully saturated rings. The largest absolute Gasteiger partial charge is 0.481 e. The summed E-state index contributed by atoms with van der Waals surface area (Å²) in [6.07, 6.45) is 0. The van der Waals surface area contributed by atoms with Gasteiger partial charge >= 0.3 is 5.97 Å². The van der Waals surface area contributed by atoms with E-state index in [2.05, 4.69) is 10.1 Å². The number of rotatable bonds is 4. The number of likely N-dealkylation sites (N-methyl/N-ethyl adjacent to an activating group) is 1. The van der Waals surface area contributed by atoms with Gasteiger partial charge in [0, 0.05) is 13.0 Å². The molecule has 2 heterocycles. The Morgan fingerprint density at radius 2 is 2.35 bits per heavy atom. The second-order valence-corrected chi connectivity index (χ2v) is 4.19. The van der Waals surface area contributed by atoms with Crippen molar-refractivity contribution in [3.05, 3.63) is 11.7 Å². The lowest BCUT2D eigenvalue weighted by molar-refractivity contribution is -0.143. The summed E-state index contributed by atoms with van der Waals surface area (Å²) in [7, 11) is 1.83. The summed E-state index contributed by atoms with van der Waals surface area (Å²) in [5.74, 6) is -0.261. The summed E-state index contributed by atoms with van der Waals surface area (Å²) in [6.45, 7) is 2.85. The molecule has 2 unspecified atom stereocenters. The van der Waals surface area contributed by atoms with Crippen molar-refractivity contribution < 1.29 is 19.2 Å². The van der Waals surface area contributed by atoms with Gasteiger partial charge in [-0.1, -0.05) is 5.16 Å². The smallest absolute Gasteiger partial charge is 0.310 e. The maximum Gasteiger partial charge on any atom is 0.310 e. The van der Waals surface area contributed by atoms with Crippen LogP contribution in [-0.4, -0.2) is 52.4 Å². The van der Waals surface area contributed by atoms with Gasteiger partial charge in [-0.25, -0.2) is 0 Å². The van der Waals surface area contributed by atoms with Crippen molar-refractivity contribution in [2.75, 3.05) is 20.3 Å². The molecule has 1 saturated heterocycles. The quantitative estimate of drug-likeness (QED) is 0.787. The Hall–Kier alpha value is -1.47. The summed E-state index contributed by atoms with van der Waals surface area (Å²) in [4.78, 5) is 17.0. The Labute approximate surface area is 98.4 Å². The van der Waals surface area contributed by atoms with Crippen LogP contribution in [0, 0.1) is 12.8 Å². The Kier molecular flexibility index (Phi) is 3.39. The number of nitrogens with zero attached hydrogens (tertiary/aromatic N) is 3. The van der Waals surface area contributed by atoms with E-state index in [0.29, 0.717) is 24.9 Å². The zero-order valence-corrected chi connectivity index (χ0v) is 9.79. The molecule has 94 valence electrons. The predicted octanol–water partition coefficient (Wildman–Crippen LogP) is -0.0906. The molecule has 0 aromatic carbocycles. The highest BCUT2D eigenvalue weighted by Crippen LogP contribution is 2.20. The van der Waals surface area contributed by atoms with Crippen LogP contribution in [0.3, 0.4) is 0 Å². The predicted molar refractivity (Wildman–Crippen MR) is 56.2 cm³/mol. The lowest BCUT2D eigenvalue weighted by Gasteiger charge is -2.24. The molecule has 1 aliphatic heterocycles. The fourth-order valence-corrected chi connectivity index (χ4v) is 1.96. The molecule has 2 rings (SSSR count). The normalized spacial score (nSPS) is 24.4. The van der Waals surface area contributed by atoms with Gasteiger partial charge in [-0.3, -0.25) is 9.69 Å². The number of carboxylic acid groups (broad SMARTS) is 1. The third-order valence-corrected chi connectivity index (χ3v) is 2.89. The second-order valence-electron chi connectivity index (χ2n) is 4.19. The Bertz CT molecular complexity index is 406. The van der Waals surface area contributed by atoms with Crippen LogP contribution in [0.2, 0.25) is 0 Å². The van der Waals surface area contributed by atoms with Crippen LogP contribution in [0.15, 0.2) is 4.52 Å². The summed E-state index contributed by atoms with van der Waals surface area (Å²) in [5.41, 5.74) is 0. The first-order chi connectivity index (χ1) is 8.08. The standard InChI is InChI=1S/C10H15N3O4/c1-6-11-9(12-17-6)3-13(2)8-5-16-4-7(8)10(14)15/h7-8H,3-5H2,1-2H3,(H,14,15). The minimum Gasteiger partial charge on any atom is -0.481 e. The molecular weight excluding hydrogens is 226 g/mol. The van der Waals surface area contributed by atoms with Gasteiger partial charge in [-0.15, -0.1) is 0 Å². The summed E-state index contributed by atoms with van der Waals surface area (Å²) in [6, 6.07) is -0.147. The minimum atomic E-state index is -0.830. The van der Waals surface area contributed by atoms with Crippen LogP contribution < -0.4 is 0 Å². The van der Waals surface area contributed by atoms with E-state index in [1.165, 1.54) is 0 Å². The maximum atomic E-state index is 11.0. The molecule has 0 aliphatic carbocycles. The van der Waals surface area contributed by atoms with Crippen molar-refractivity contribution in [1.82, 2.24) is 15.0 Å². The molecule has 2 atom stereocenters. The van der Waals surface area contributed by atoms with Gasteiger partial charge in [-0.2, -0.15) is 4.98 Å². The molecule has 17 heavy (non-hydrogen) atoms. The van der Waals surface area contributed by atoms with E-state index in [9.17, 15) is 4.79 Å². The Morgan fingerprint density at radius 3 is 2.94 bits per heavy atom. The lowest BCUT2D eigenvalue weighted by atomic mass is 10.0. The number of aryl methyl sites for hydroxylation is 1. The fraction of sp³-hybridized carbons (Fsp3) is 0.700. The number of aromatic nitrogens is 2. The van der Waals surface area contributed by atoms with E-state index in [0.717, 1.165) is 0 Å². The van der Waals surface area contributed by atoms with E-state index in [1.54, 1.807) is 6.92 Å². The molecular formula is C10H15N3O4. The average molecular weight is 241 g/mol. The molecule has 0 radical (unpaired) electrons. The van der Waals surface area contributed by atoms with Crippen LogP contribution in [0.1, 0.15) is 11.7 Å². The van der Waals surface area contributed by atoms with Gasteiger partial charge in [0.05, 0.1) is 25.7 Å². The number of aliphatic carboxylic acids is 1. The van der Waals surface area contributed by atoms with Gasteiger partial charge in [0.2, 0.25) is 5.89 Å². The first-order valence-corrected chi connectivity index (χ1v) is 5.38. The zero-order valence-electron chi connectivity index (χ0n) is 9.79. The van der Waals surface area contributed by atoms with Crippen LogP contribution in [-0.2, 0) is 16.1 Å². The topological polar surface area (TPSA) is 88.7 Å². The average Bonchev–Trinajstić information content (AvgIpc) is 2.86. The van der Waals surface area contributed by atoms with Crippen molar-refractivity contribution in [2.24, 2.45) is 5.92 Å². The summed E-state index contributed by atoms with van der Waals surface area (Å²) in [5, 5.41) is 12.8. The molecule has 0 spiro atoms. The molecule has 0 saturated carbocycles. The number of carboxylic acids is 1. The maximum absolute atomic E-state index is 11.0. The molecule has 1 aromatic heterocycles. The van der Waals surface area contributed by atoms with E-state index < -0.39 is 11.9 Å². The van der Waals surface area contributed by atoms with E-state index in [1.807, 2.05) is 11.9 Å². The van der Waals surface area contributed by atoms with Gasteiger partial charge in [0.15, 0.2) is 5.82 Å². The SMILES string of the molecule is Cc1nc(CN(C)C2COCC2C(=O)O)no1. The van der Waals surface area contributed by atoms with Crippen molar-refractivity contribution in [3.63, 3.8) is 0 Å². The monoisotopic (exact) mass is 241 g/mol. The molecule has 1 N–H and O–H groups in total. The van der Waals surface area contributed by atoms with Crippen molar-refractivity contribution in [1.29, 1.82) is 0 Å². The third-order valence-electron chi connectivity index (χ3n) is 2.89. The van der Waals surface area contributed by atoms with Crippen molar-refractivity contribution in [3.8, 4) is 0 Å². The van der Waals surface area contributed by atoms with Gasteiger partial charge < -0.3 is 14.4 Å². The number of hydrogen-bond acceptors (Lipinski definition) is 6. The highest BCUT2D eigenvalue weighted by Gasteiger charge is 2.36. The van der Waals surface area contributed by atoms with Crippen LogP contribution in [0.25, 0.3) is 0 Å². The highest BCUT2D eigenvalue weighted by atomic mass is 16.5. The highest BCUT2D eigenvalue weighted by molar-refractivity contribution is 5.71. The first kappa shape index (κ1) is 12.0. The van der Waals surface area contributed by atoms with Gasteiger partial charge in [-0.05, 0) is 7.05 Å². The van der Waals surface area contributed by atoms with Crippen LogP contribution in [0.4, 0.5) is 0 Å². The number of carbonyl (C=O) groups is 1. The molecule has 0 amide bonds. The van der Waals surface area contributed by atoms with Crippen molar-refractivity contribution >= 4 is 5.97 Å². The summed E-state index contributed by atoms with van der Waals surface area (Å²) >= 11 is 0. The van der Waals surface area contributed by atoms with Gasteiger partial charge in [0.1, 0.15) is 0 Å². The molecule has 7 nitrogen and oxygen atoms in total. The second kappa shape index (κ2) is 4.80. The number of hydrogen-bond donors (Lipinski definition) is 1. The zero-order chi connectivity index (χ0) is 12.4. The Balaban J connectivity index is 1.99. The van der Waals surface area contributed by atoms with E-state index in [-0.39, 0.29) is 12.6 Å². The van der Waals surface area contributed by atoms with Crippen LogP contribution >= 0.6 is 0 Å². The molecule has 7 heteroatoms.